The van der Waals surface area contributed by atoms with E-state index in [-0.39, 0.29) is 21.8 Å². The van der Waals surface area contributed by atoms with Gasteiger partial charge in [0, 0.05) is 0 Å². The Kier molecular flexibility index (Phi) is 4.56. The van der Waals surface area contributed by atoms with E-state index in [1.165, 1.54) is 0 Å². The van der Waals surface area contributed by atoms with Crippen molar-refractivity contribution >= 4 is 29.2 Å². The average molecular weight is 262 g/mol. The first-order valence-corrected chi connectivity index (χ1v) is 5.67. The third-order valence-electron chi connectivity index (χ3n) is 1.89. The fourth-order valence-electron chi connectivity index (χ4n) is 1.16. The summed E-state index contributed by atoms with van der Waals surface area (Å²) in [6, 6.07) is 1.58. The summed E-state index contributed by atoms with van der Waals surface area (Å²) in [5.74, 6) is -0.177. The van der Waals surface area contributed by atoms with Crippen molar-refractivity contribution in [3.63, 3.8) is 0 Å². The number of nitrogens with zero attached hydrogens (tertiary/aromatic N) is 1. The number of carbonyl (C=O) groups is 1. The van der Waals surface area contributed by atoms with Crippen molar-refractivity contribution in [3.05, 3.63) is 27.5 Å². The number of pyridine rings is 1. The number of rotatable bonds is 3. The molecule has 0 radical (unpaired) electrons. The molecule has 0 aliphatic heterocycles. The van der Waals surface area contributed by atoms with E-state index in [9.17, 15) is 4.79 Å². The zero-order valence-corrected chi connectivity index (χ0v) is 10.9. The van der Waals surface area contributed by atoms with E-state index in [1.807, 2.05) is 13.8 Å². The normalized spacial score (nSPS) is 10.6. The van der Waals surface area contributed by atoms with Gasteiger partial charge in [0.1, 0.15) is 10.3 Å². The van der Waals surface area contributed by atoms with Gasteiger partial charge in [-0.2, -0.15) is 0 Å². The second-order valence-corrected chi connectivity index (χ2v) is 4.67. The Bertz CT molecular complexity index is 382. The van der Waals surface area contributed by atoms with Crippen molar-refractivity contribution in [2.24, 2.45) is 5.92 Å². The van der Waals surface area contributed by atoms with E-state index in [0.717, 1.165) is 0 Å². The minimum atomic E-state index is -0.458. The predicted molar refractivity (Wildman–Crippen MR) is 64.1 cm³/mol. The average Bonchev–Trinajstić information content (AvgIpc) is 2.12. The molecule has 0 aliphatic rings. The lowest BCUT2D eigenvalue weighted by molar-refractivity contribution is 0.0458. The van der Waals surface area contributed by atoms with Gasteiger partial charge in [0.05, 0.1) is 12.2 Å². The second-order valence-electron chi connectivity index (χ2n) is 3.92. The van der Waals surface area contributed by atoms with Crippen LogP contribution >= 0.6 is 23.2 Å². The molecule has 0 bridgehead atoms. The van der Waals surface area contributed by atoms with Crippen LogP contribution in [0.5, 0.6) is 0 Å². The lowest BCUT2D eigenvalue weighted by atomic mass is 10.1. The molecule has 0 unspecified atom stereocenters. The van der Waals surface area contributed by atoms with Crippen LogP contribution in [-0.2, 0) is 4.74 Å². The van der Waals surface area contributed by atoms with E-state index in [0.29, 0.717) is 12.2 Å². The summed E-state index contributed by atoms with van der Waals surface area (Å²) < 4.78 is 5.08. The Labute approximate surface area is 105 Å². The first-order valence-electron chi connectivity index (χ1n) is 4.91. The Morgan fingerprint density at radius 1 is 1.50 bits per heavy atom. The van der Waals surface area contributed by atoms with Gasteiger partial charge in [0.2, 0.25) is 0 Å². The first kappa shape index (κ1) is 13.3. The van der Waals surface area contributed by atoms with Crippen LogP contribution in [0.2, 0.25) is 10.3 Å². The fraction of sp³-hybridized carbons (Fsp3) is 0.455. The molecule has 88 valence electrons. The van der Waals surface area contributed by atoms with Crippen LogP contribution in [0, 0.1) is 12.8 Å². The molecule has 0 spiro atoms. The highest BCUT2D eigenvalue weighted by Crippen LogP contribution is 2.22. The van der Waals surface area contributed by atoms with Crippen LogP contribution in [0.25, 0.3) is 0 Å². The molecule has 0 saturated carbocycles. The fourth-order valence-corrected chi connectivity index (χ4v) is 1.76. The van der Waals surface area contributed by atoms with E-state index in [4.69, 9.17) is 27.9 Å². The van der Waals surface area contributed by atoms with Gasteiger partial charge in [-0.1, -0.05) is 37.0 Å². The molecule has 0 aliphatic carbocycles. The van der Waals surface area contributed by atoms with Crippen LogP contribution in [0.4, 0.5) is 0 Å². The highest BCUT2D eigenvalue weighted by Gasteiger charge is 2.17. The molecule has 1 rings (SSSR count). The Hall–Kier alpha value is -0.800. The molecule has 5 heteroatoms. The predicted octanol–water partition coefficient (Wildman–Crippen LogP) is 3.51. The monoisotopic (exact) mass is 261 g/mol. The number of aryl methyl sites for hydroxylation is 1. The van der Waals surface area contributed by atoms with Gasteiger partial charge in [-0.3, -0.25) is 0 Å². The lowest BCUT2D eigenvalue weighted by Crippen LogP contribution is -2.12. The van der Waals surface area contributed by atoms with Crippen molar-refractivity contribution in [1.82, 2.24) is 4.98 Å². The largest absolute Gasteiger partial charge is 0.462 e. The summed E-state index contributed by atoms with van der Waals surface area (Å²) in [4.78, 5) is 15.5. The van der Waals surface area contributed by atoms with Crippen LogP contribution in [-0.4, -0.2) is 17.6 Å². The number of esters is 1. The molecule has 0 fully saturated rings. The molecule has 0 N–H and O–H groups in total. The zero-order chi connectivity index (χ0) is 12.3. The van der Waals surface area contributed by atoms with E-state index in [1.54, 1.807) is 13.0 Å². The summed E-state index contributed by atoms with van der Waals surface area (Å²) in [6.45, 7) is 6.02. The minimum absolute atomic E-state index is 0.0822. The van der Waals surface area contributed by atoms with Gasteiger partial charge >= 0.3 is 5.97 Å². The van der Waals surface area contributed by atoms with Crippen molar-refractivity contribution in [2.45, 2.75) is 20.8 Å². The van der Waals surface area contributed by atoms with Crippen LogP contribution < -0.4 is 0 Å². The van der Waals surface area contributed by atoms with Gasteiger partial charge in [0.15, 0.2) is 0 Å². The third kappa shape index (κ3) is 3.35. The molecule has 0 atom stereocenters. The molecule has 0 aromatic carbocycles. The Morgan fingerprint density at radius 2 is 2.12 bits per heavy atom. The standard InChI is InChI=1S/C11H13Cl2NO2/c1-6(2)5-16-11(15)9-7(3)4-8(12)14-10(9)13/h4,6H,5H2,1-3H3. The van der Waals surface area contributed by atoms with Gasteiger partial charge in [-0.25, -0.2) is 9.78 Å². The number of hydrogen-bond acceptors (Lipinski definition) is 3. The Morgan fingerprint density at radius 3 is 2.62 bits per heavy atom. The molecular weight excluding hydrogens is 249 g/mol. The maximum Gasteiger partial charge on any atom is 0.341 e. The highest BCUT2D eigenvalue weighted by atomic mass is 35.5. The van der Waals surface area contributed by atoms with Crippen LogP contribution in [0.15, 0.2) is 6.07 Å². The number of halogens is 2. The Balaban J connectivity index is 2.91. The molecule has 0 amide bonds. The van der Waals surface area contributed by atoms with Crippen molar-refractivity contribution < 1.29 is 9.53 Å². The summed E-state index contributed by atoms with van der Waals surface area (Å²) in [5, 5.41) is 0.349. The minimum Gasteiger partial charge on any atom is -0.462 e. The van der Waals surface area contributed by atoms with Crippen LogP contribution in [0.3, 0.4) is 0 Å². The second kappa shape index (κ2) is 5.51. The zero-order valence-electron chi connectivity index (χ0n) is 9.38. The maximum absolute atomic E-state index is 11.7. The smallest absolute Gasteiger partial charge is 0.341 e. The summed E-state index contributed by atoms with van der Waals surface area (Å²) in [6.07, 6.45) is 0. The highest BCUT2D eigenvalue weighted by molar-refractivity contribution is 6.34. The maximum atomic E-state index is 11.7. The van der Waals surface area contributed by atoms with E-state index >= 15 is 0 Å². The molecule has 0 saturated heterocycles. The van der Waals surface area contributed by atoms with Crippen molar-refractivity contribution in [1.29, 1.82) is 0 Å². The molecular formula is C11H13Cl2NO2. The van der Waals surface area contributed by atoms with Crippen molar-refractivity contribution in [3.8, 4) is 0 Å². The van der Waals surface area contributed by atoms with E-state index in [2.05, 4.69) is 4.98 Å². The molecule has 1 aromatic heterocycles. The quantitative estimate of drug-likeness (QED) is 0.618. The summed E-state index contributed by atoms with van der Waals surface area (Å²) in [7, 11) is 0. The topological polar surface area (TPSA) is 39.2 Å². The number of hydrogen-bond donors (Lipinski definition) is 0. The van der Waals surface area contributed by atoms with E-state index < -0.39 is 5.97 Å². The molecule has 1 aromatic rings. The third-order valence-corrected chi connectivity index (χ3v) is 2.36. The van der Waals surface area contributed by atoms with Gasteiger partial charge in [-0.05, 0) is 24.5 Å². The molecule has 16 heavy (non-hydrogen) atoms. The summed E-state index contributed by atoms with van der Waals surface area (Å²) in [5.41, 5.74) is 0.950. The molecule has 3 nitrogen and oxygen atoms in total. The van der Waals surface area contributed by atoms with Gasteiger partial charge in [0.25, 0.3) is 0 Å². The van der Waals surface area contributed by atoms with Crippen LogP contribution in [0.1, 0.15) is 29.8 Å². The summed E-state index contributed by atoms with van der Waals surface area (Å²) >= 11 is 11.6. The number of carbonyl (C=O) groups excluding carboxylic acids is 1. The lowest BCUT2D eigenvalue weighted by Gasteiger charge is -2.10. The number of aromatic nitrogens is 1. The number of ether oxygens (including phenoxy) is 1. The van der Waals surface area contributed by atoms with Gasteiger partial charge < -0.3 is 4.74 Å². The first-order chi connectivity index (χ1) is 7.41. The molecule has 1 heterocycles. The van der Waals surface area contributed by atoms with Crippen molar-refractivity contribution in [2.75, 3.05) is 6.61 Å². The van der Waals surface area contributed by atoms with Gasteiger partial charge in [-0.15, -0.1) is 0 Å². The SMILES string of the molecule is Cc1cc(Cl)nc(Cl)c1C(=O)OCC(C)C.